The van der Waals surface area contributed by atoms with Gasteiger partial charge in [0, 0.05) is 38.2 Å². The van der Waals surface area contributed by atoms with Crippen LogP contribution in [0, 0.1) is 0 Å². The summed E-state index contributed by atoms with van der Waals surface area (Å²) in [5.74, 6) is 1.69. The van der Waals surface area contributed by atoms with E-state index in [0.717, 1.165) is 86.8 Å². The molecule has 0 saturated carbocycles. The smallest absolute Gasteiger partial charge is 0.238 e. The first kappa shape index (κ1) is 29.7. The molecule has 248 valence electrons. The molecular formula is C46H27N5OS. The highest BCUT2D eigenvalue weighted by molar-refractivity contribution is 7.21. The van der Waals surface area contributed by atoms with E-state index in [1.165, 1.54) is 0 Å². The van der Waals surface area contributed by atoms with E-state index in [1.807, 2.05) is 36.4 Å². The quantitative estimate of drug-likeness (QED) is 0.179. The van der Waals surface area contributed by atoms with Gasteiger partial charge in [-0.2, -0.15) is 9.97 Å². The summed E-state index contributed by atoms with van der Waals surface area (Å²) in [4.78, 5) is 20.8. The Labute approximate surface area is 307 Å². The number of benzene rings is 7. The van der Waals surface area contributed by atoms with Crippen molar-refractivity contribution < 1.29 is 4.42 Å². The van der Waals surface area contributed by atoms with E-state index in [4.69, 9.17) is 24.4 Å². The van der Waals surface area contributed by atoms with E-state index >= 15 is 0 Å². The van der Waals surface area contributed by atoms with Gasteiger partial charge in [-0.25, -0.2) is 9.97 Å². The molecule has 11 aromatic rings. The van der Waals surface area contributed by atoms with Gasteiger partial charge in [-0.15, -0.1) is 11.3 Å². The number of rotatable bonds is 5. The van der Waals surface area contributed by atoms with Gasteiger partial charge in [0.15, 0.2) is 11.6 Å². The van der Waals surface area contributed by atoms with Crippen molar-refractivity contribution in [3.05, 3.63) is 164 Å². The highest BCUT2D eigenvalue weighted by atomic mass is 32.1. The van der Waals surface area contributed by atoms with Crippen molar-refractivity contribution in [3.8, 4) is 50.4 Å². The van der Waals surface area contributed by atoms with E-state index in [1.54, 1.807) is 11.3 Å². The lowest BCUT2D eigenvalue weighted by Gasteiger charge is -2.12. The average Bonchev–Trinajstić information content (AvgIpc) is 3.93. The lowest BCUT2D eigenvalue weighted by molar-refractivity contribution is 0.669. The maximum Gasteiger partial charge on any atom is 0.238 e. The van der Waals surface area contributed by atoms with Crippen LogP contribution in [0.4, 0.5) is 0 Å². The van der Waals surface area contributed by atoms with Gasteiger partial charge in [0.1, 0.15) is 16.2 Å². The second-order valence-corrected chi connectivity index (χ2v) is 14.1. The first-order valence-corrected chi connectivity index (χ1v) is 18.3. The zero-order valence-corrected chi connectivity index (χ0v) is 29.0. The van der Waals surface area contributed by atoms with E-state index in [0.29, 0.717) is 17.6 Å². The SMILES string of the molecule is c1ccc(-c2ccc(-c3nc(-c4cccc5oc6cccc(-c7nc8ccccc8s7)c6c45)nc(-n4c5ccccc5c5ccccc54)n3)cc2)cc1. The van der Waals surface area contributed by atoms with Gasteiger partial charge in [0.2, 0.25) is 5.95 Å². The van der Waals surface area contributed by atoms with Gasteiger partial charge in [-0.1, -0.05) is 127 Å². The van der Waals surface area contributed by atoms with Crippen molar-refractivity contribution in [2.45, 2.75) is 0 Å². The van der Waals surface area contributed by atoms with Crippen LogP contribution < -0.4 is 0 Å². The summed E-state index contributed by atoms with van der Waals surface area (Å²) in [6.45, 7) is 0. The number of hydrogen-bond acceptors (Lipinski definition) is 6. The third kappa shape index (κ3) is 4.79. The van der Waals surface area contributed by atoms with Gasteiger partial charge in [-0.3, -0.25) is 4.57 Å². The summed E-state index contributed by atoms with van der Waals surface area (Å²) in [6.07, 6.45) is 0. The number of para-hydroxylation sites is 3. The first-order valence-electron chi connectivity index (χ1n) is 17.5. The molecule has 7 heteroatoms. The molecule has 0 spiro atoms. The average molecular weight is 698 g/mol. The maximum absolute atomic E-state index is 6.54. The highest BCUT2D eigenvalue weighted by Crippen LogP contribution is 2.43. The largest absolute Gasteiger partial charge is 0.456 e. The van der Waals surface area contributed by atoms with Crippen LogP contribution in [0.25, 0.3) is 104 Å². The van der Waals surface area contributed by atoms with Crippen molar-refractivity contribution in [2.24, 2.45) is 0 Å². The molecule has 4 heterocycles. The maximum atomic E-state index is 6.54. The molecule has 0 radical (unpaired) electrons. The number of thiazole rings is 1. The third-order valence-corrected chi connectivity index (χ3v) is 11.0. The fourth-order valence-corrected chi connectivity index (χ4v) is 8.51. The minimum absolute atomic E-state index is 0.547. The Balaban J connectivity index is 1.18. The second kappa shape index (κ2) is 11.8. The van der Waals surface area contributed by atoms with Gasteiger partial charge >= 0.3 is 0 Å². The zero-order valence-electron chi connectivity index (χ0n) is 28.1. The number of aromatic nitrogens is 5. The number of nitrogens with zero attached hydrogens (tertiary/aromatic N) is 5. The molecule has 0 bridgehead atoms. The summed E-state index contributed by atoms with van der Waals surface area (Å²) >= 11 is 1.68. The molecule has 0 aliphatic rings. The van der Waals surface area contributed by atoms with Crippen molar-refractivity contribution in [2.75, 3.05) is 0 Å². The molecule has 0 atom stereocenters. The summed E-state index contributed by atoms with van der Waals surface area (Å²) in [5.41, 5.74) is 9.65. The van der Waals surface area contributed by atoms with Crippen molar-refractivity contribution in [1.82, 2.24) is 24.5 Å². The van der Waals surface area contributed by atoms with Crippen molar-refractivity contribution >= 4 is 65.3 Å². The Hall–Kier alpha value is -6.96. The van der Waals surface area contributed by atoms with Gasteiger partial charge < -0.3 is 4.42 Å². The van der Waals surface area contributed by atoms with Crippen LogP contribution in [-0.4, -0.2) is 24.5 Å². The molecule has 4 aromatic heterocycles. The van der Waals surface area contributed by atoms with E-state index in [-0.39, 0.29) is 0 Å². The molecule has 0 unspecified atom stereocenters. The summed E-state index contributed by atoms with van der Waals surface area (Å²) in [6, 6.07) is 56.2. The molecule has 0 saturated heterocycles. The second-order valence-electron chi connectivity index (χ2n) is 13.0. The topological polar surface area (TPSA) is 69.6 Å². The van der Waals surface area contributed by atoms with E-state index in [9.17, 15) is 0 Å². The van der Waals surface area contributed by atoms with Crippen molar-refractivity contribution in [1.29, 1.82) is 0 Å². The number of hydrogen-bond donors (Lipinski definition) is 0. The number of fused-ring (bicyclic) bond motifs is 7. The molecule has 7 aromatic carbocycles. The fourth-order valence-electron chi connectivity index (χ4n) is 7.51. The van der Waals surface area contributed by atoms with Crippen LogP contribution in [-0.2, 0) is 0 Å². The monoisotopic (exact) mass is 697 g/mol. The van der Waals surface area contributed by atoms with Crippen LogP contribution in [0.15, 0.2) is 168 Å². The molecule has 11 rings (SSSR count). The zero-order chi connectivity index (χ0) is 34.9. The Morgan fingerprint density at radius 3 is 1.75 bits per heavy atom. The van der Waals surface area contributed by atoms with Crippen LogP contribution in [0.1, 0.15) is 0 Å². The van der Waals surface area contributed by atoms with Gasteiger partial charge in [-0.05, 0) is 47.5 Å². The molecule has 0 amide bonds. The third-order valence-electron chi connectivity index (χ3n) is 9.94. The van der Waals surface area contributed by atoms with Gasteiger partial charge in [0.05, 0.1) is 21.3 Å². The lowest BCUT2D eigenvalue weighted by Crippen LogP contribution is -2.06. The summed E-state index contributed by atoms with van der Waals surface area (Å²) in [7, 11) is 0. The molecule has 0 aliphatic carbocycles. The molecule has 6 nitrogen and oxygen atoms in total. The summed E-state index contributed by atoms with van der Waals surface area (Å²) < 4.78 is 9.83. The first-order chi connectivity index (χ1) is 26.3. The minimum Gasteiger partial charge on any atom is -0.456 e. The minimum atomic E-state index is 0.547. The summed E-state index contributed by atoms with van der Waals surface area (Å²) in [5, 5.41) is 5.16. The molecule has 0 aliphatic heterocycles. The lowest BCUT2D eigenvalue weighted by atomic mass is 10.0. The van der Waals surface area contributed by atoms with Crippen LogP contribution in [0.3, 0.4) is 0 Å². The van der Waals surface area contributed by atoms with Crippen LogP contribution in [0.5, 0.6) is 0 Å². The predicted molar refractivity (Wildman–Crippen MR) is 216 cm³/mol. The molecule has 0 N–H and O–H groups in total. The molecule has 0 fully saturated rings. The molecule has 53 heavy (non-hydrogen) atoms. The van der Waals surface area contributed by atoms with Crippen LogP contribution >= 0.6 is 11.3 Å². The fraction of sp³-hybridized carbons (Fsp3) is 0. The van der Waals surface area contributed by atoms with E-state index < -0.39 is 0 Å². The Morgan fingerprint density at radius 2 is 1.02 bits per heavy atom. The Kier molecular flexibility index (Phi) is 6.62. The van der Waals surface area contributed by atoms with Crippen LogP contribution in [0.2, 0.25) is 0 Å². The van der Waals surface area contributed by atoms with Gasteiger partial charge in [0.25, 0.3) is 0 Å². The molecular weight excluding hydrogens is 671 g/mol. The Morgan fingerprint density at radius 1 is 0.434 bits per heavy atom. The number of furan rings is 1. The standard InChI is InChI=1S/C46H27N5OS/c1-2-12-28(13-3-1)29-24-26-30(27-25-29)43-48-44(50-46(49-43)51-36-19-7-4-14-31(36)32-15-5-8-20-37(32)51)33-16-10-21-38-41(33)42-34(17-11-22-39(42)52-38)45-47-35-18-6-9-23-40(35)53-45/h1-27H. The highest BCUT2D eigenvalue weighted by Gasteiger charge is 2.22. The van der Waals surface area contributed by atoms with E-state index in [2.05, 4.69) is 132 Å². The predicted octanol–water partition coefficient (Wildman–Crippen LogP) is 12.1. The normalized spacial score (nSPS) is 11.8. The Bertz CT molecular complexity index is 3090. The van der Waals surface area contributed by atoms with Crippen molar-refractivity contribution in [3.63, 3.8) is 0 Å².